The van der Waals surface area contributed by atoms with Crippen molar-refractivity contribution >= 4 is 0 Å². The van der Waals surface area contributed by atoms with E-state index in [0.717, 1.165) is 19.6 Å². The Morgan fingerprint density at radius 1 is 1.18 bits per heavy atom. The van der Waals surface area contributed by atoms with E-state index in [-0.39, 0.29) is 0 Å². The van der Waals surface area contributed by atoms with E-state index in [4.69, 9.17) is 9.47 Å². The van der Waals surface area contributed by atoms with Gasteiger partial charge in [-0.2, -0.15) is 0 Å². The Kier molecular flexibility index (Phi) is 15.4. The van der Waals surface area contributed by atoms with Gasteiger partial charge in [-0.15, -0.1) is 0 Å². The molecule has 1 aliphatic rings. The molecule has 0 aromatic carbocycles. The Morgan fingerprint density at radius 3 is 1.91 bits per heavy atom. The van der Waals surface area contributed by atoms with Crippen LogP contribution < -0.4 is 0 Å². The number of ether oxygens (including phenoxy) is 2. The Morgan fingerprint density at radius 2 is 1.73 bits per heavy atom. The third-order valence-electron chi connectivity index (χ3n) is 1.22. The van der Waals surface area contributed by atoms with Crippen LogP contribution in [0.25, 0.3) is 0 Å². The average molecular weight is 162 g/mol. The van der Waals surface area contributed by atoms with Crippen LogP contribution in [0, 0.1) is 0 Å². The van der Waals surface area contributed by atoms with Crippen LogP contribution in [-0.2, 0) is 9.47 Å². The second-order valence-electron chi connectivity index (χ2n) is 1.72. The summed E-state index contributed by atoms with van der Waals surface area (Å²) >= 11 is 0. The van der Waals surface area contributed by atoms with Crippen molar-refractivity contribution in [1.29, 1.82) is 0 Å². The van der Waals surface area contributed by atoms with Gasteiger partial charge in [-0.05, 0) is 6.42 Å². The molecule has 0 spiro atoms. The van der Waals surface area contributed by atoms with Gasteiger partial charge in [-0.3, -0.25) is 0 Å². The predicted octanol–water partition coefficient (Wildman–Crippen LogP) is 2.47. The Hall–Kier alpha value is -0.0800. The average Bonchev–Trinajstić information content (AvgIpc) is 2.63. The summed E-state index contributed by atoms with van der Waals surface area (Å²) in [5.74, 6) is 0. The number of methoxy groups -OCH3 is 1. The molecule has 0 N–H and O–H groups in total. The fourth-order valence-corrected chi connectivity index (χ4v) is 0.699. The van der Waals surface area contributed by atoms with Crippen molar-refractivity contribution in [1.82, 2.24) is 0 Å². The molecule has 1 heterocycles. The van der Waals surface area contributed by atoms with Crippen LogP contribution in [-0.4, -0.2) is 26.4 Å². The molecule has 1 unspecified atom stereocenters. The van der Waals surface area contributed by atoms with E-state index in [2.05, 4.69) is 0 Å². The van der Waals surface area contributed by atoms with Gasteiger partial charge < -0.3 is 9.47 Å². The minimum atomic E-state index is 0.375. The first-order valence-electron chi connectivity index (χ1n) is 4.54. The molecule has 0 aliphatic carbocycles. The van der Waals surface area contributed by atoms with Crippen molar-refractivity contribution in [2.24, 2.45) is 0 Å². The highest BCUT2D eigenvalue weighted by Crippen LogP contribution is 2.05. The summed E-state index contributed by atoms with van der Waals surface area (Å²) in [7, 11) is 1.72. The Bertz CT molecular complexity index is 49.5. The van der Waals surface area contributed by atoms with Crippen molar-refractivity contribution in [2.45, 2.75) is 40.2 Å². The predicted molar refractivity (Wildman–Crippen MR) is 48.9 cm³/mol. The van der Waals surface area contributed by atoms with Crippen LogP contribution in [0.4, 0.5) is 0 Å². The zero-order valence-electron chi connectivity index (χ0n) is 8.52. The van der Waals surface area contributed by atoms with E-state index in [9.17, 15) is 0 Å². The maximum absolute atomic E-state index is 5.02. The number of hydrogen-bond donors (Lipinski definition) is 0. The van der Waals surface area contributed by atoms with Gasteiger partial charge in [0.25, 0.3) is 0 Å². The van der Waals surface area contributed by atoms with Crippen LogP contribution in [0.2, 0.25) is 0 Å². The molecular weight excluding hydrogens is 140 g/mol. The summed E-state index contributed by atoms with van der Waals surface area (Å²) in [6, 6.07) is 0. The summed E-state index contributed by atoms with van der Waals surface area (Å²) in [4.78, 5) is 0. The maximum Gasteiger partial charge on any atom is 0.0826 e. The normalized spacial score (nSPS) is 21.0. The van der Waals surface area contributed by atoms with Crippen LogP contribution in [0.5, 0.6) is 0 Å². The largest absolute Gasteiger partial charge is 0.379 e. The lowest BCUT2D eigenvalue weighted by Gasteiger charge is -2.00. The van der Waals surface area contributed by atoms with E-state index in [1.54, 1.807) is 7.11 Å². The smallest absolute Gasteiger partial charge is 0.0826 e. The van der Waals surface area contributed by atoms with Crippen molar-refractivity contribution < 1.29 is 9.47 Å². The monoisotopic (exact) mass is 162 g/mol. The minimum Gasteiger partial charge on any atom is -0.379 e. The molecule has 1 aliphatic heterocycles. The van der Waals surface area contributed by atoms with Gasteiger partial charge in [0.15, 0.2) is 0 Å². The maximum atomic E-state index is 5.02. The van der Waals surface area contributed by atoms with Crippen LogP contribution in [0.1, 0.15) is 34.1 Å². The number of hydrogen-bond acceptors (Lipinski definition) is 2. The molecule has 0 amide bonds. The van der Waals surface area contributed by atoms with E-state index in [0.29, 0.717) is 6.10 Å². The molecule has 1 atom stereocenters. The lowest BCUT2D eigenvalue weighted by atomic mass is 10.3. The lowest BCUT2D eigenvalue weighted by Crippen LogP contribution is -2.07. The van der Waals surface area contributed by atoms with Crippen LogP contribution in [0.15, 0.2) is 0 Å². The summed E-state index contributed by atoms with van der Waals surface area (Å²) < 4.78 is 10.0. The quantitative estimate of drug-likeness (QED) is 0.589. The van der Waals surface area contributed by atoms with Crippen molar-refractivity contribution in [3.05, 3.63) is 0 Å². The summed E-state index contributed by atoms with van der Waals surface area (Å²) in [6.07, 6.45) is 1.44. The molecule has 2 heteroatoms. The molecule has 1 rings (SSSR count). The molecule has 1 saturated heterocycles. The first kappa shape index (κ1) is 13.5. The van der Waals surface area contributed by atoms with Gasteiger partial charge in [0.2, 0.25) is 0 Å². The second-order valence-corrected chi connectivity index (χ2v) is 1.72. The fraction of sp³-hybridized carbons (Fsp3) is 1.00. The van der Waals surface area contributed by atoms with Crippen LogP contribution >= 0.6 is 0 Å². The standard InChI is InChI=1S/C5H10O2.2C2H6/c1-6-5-2-3-7-4-5;2*1-2/h5H,2-4H2,1H3;2*1-2H3. The van der Waals surface area contributed by atoms with E-state index in [1.165, 1.54) is 0 Å². The topological polar surface area (TPSA) is 18.5 Å². The van der Waals surface area contributed by atoms with Gasteiger partial charge in [0.1, 0.15) is 0 Å². The number of rotatable bonds is 1. The molecule has 11 heavy (non-hydrogen) atoms. The van der Waals surface area contributed by atoms with E-state index < -0.39 is 0 Å². The van der Waals surface area contributed by atoms with Gasteiger partial charge >= 0.3 is 0 Å². The van der Waals surface area contributed by atoms with E-state index in [1.807, 2.05) is 27.7 Å². The lowest BCUT2D eigenvalue weighted by molar-refractivity contribution is 0.0822. The fourth-order valence-electron chi connectivity index (χ4n) is 0.699. The zero-order chi connectivity index (χ0) is 9.11. The third kappa shape index (κ3) is 7.82. The molecule has 70 valence electrons. The highest BCUT2D eigenvalue weighted by atomic mass is 16.5. The molecule has 0 aromatic heterocycles. The van der Waals surface area contributed by atoms with Gasteiger partial charge in [-0.25, -0.2) is 0 Å². The van der Waals surface area contributed by atoms with Crippen molar-refractivity contribution in [2.75, 3.05) is 20.3 Å². The molecular formula is C9H22O2. The molecule has 2 nitrogen and oxygen atoms in total. The van der Waals surface area contributed by atoms with E-state index >= 15 is 0 Å². The van der Waals surface area contributed by atoms with Crippen LogP contribution in [0.3, 0.4) is 0 Å². The first-order chi connectivity index (χ1) is 5.43. The van der Waals surface area contributed by atoms with Gasteiger partial charge in [-0.1, -0.05) is 27.7 Å². The minimum absolute atomic E-state index is 0.375. The summed E-state index contributed by atoms with van der Waals surface area (Å²) in [5.41, 5.74) is 0. The Balaban J connectivity index is 0. The SMILES string of the molecule is CC.CC.COC1CCOC1. The first-order valence-corrected chi connectivity index (χ1v) is 4.54. The Labute approximate surface area is 70.9 Å². The summed E-state index contributed by atoms with van der Waals surface area (Å²) in [6.45, 7) is 9.66. The van der Waals surface area contributed by atoms with Gasteiger partial charge in [0.05, 0.1) is 12.7 Å². The molecule has 0 radical (unpaired) electrons. The van der Waals surface area contributed by atoms with Gasteiger partial charge in [0, 0.05) is 13.7 Å². The molecule has 0 aromatic rings. The third-order valence-corrected chi connectivity index (χ3v) is 1.22. The highest BCUT2D eigenvalue weighted by molar-refractivity contribution is 4.60. The summed E-state index contributed by atoms with van der Waals surface area (Å²) in [5, 5.41) is 0. The second kappa shape index (κ2) is 12.6. The zero-order valence-corrected chi connectivity index (χ0v) is 8.52. The molecule has 0 bridgehead atoms. The van der Waals surface area contributed by atoms with Crippen molar-refractivity contribution in [3.8, 4) is 0 Å². The molecule has 1 fully saturated rings. The molecule has 0 saturated carbocycles. The van der Waals surface area contributed by atoms with Crippen molar-refractivity contribution in [3.63, 3.8) is 0 Å². The highest BCUT2D eigenvalue weighted by Gasteiger charge is 2.12.